The molecule has 0 aliphatic carbocycles. The van der Waals surface area contributed by atoms with E-state index in [0.29, 0.717) is 29.6 Å². The zero-order valence-electron chi connectivity index (χ0n) is 15.1. The summed E-state index contributed by atoms with van der Waals surface area (Å²) in [4.78, 5) is 14.4. The number of hydrogen-bond donors (Lipinski definition) is 1. The molecule has 0 unspecified atom stereocenters. The Morgan fingerprint density at radius 1 is 1.15 bits per heavy atom. The first-order valence-corrected chi connectivity index (χ1v) is 8.81. The topological polar surface area (TPSA) is 73.2 Å². The van der Waals surface area contributed by atoms with Crippen LogP contribution in [0.2, 0.25) is 0 Å². The monoisotopic (exact) mass is 360 g/mol. The molecule has 26 heavy (non-hydrogen) atoms. The van der Waals surface area contributed by atoms with Gasteiger partial charge in [0.15, 0.2) is 17.3 Å². The number of carbonyl (C=O) groups excluding carboxylic acids is 1. The maximum Gasteiger partial charge on any atom is 0.287 e. The summed E-state index contributed by atoms with van der Waals surface area (Å²) in [7, 11) is 0. The smallest absolute Gasteiger partial charge is 0.287 e. The minimum Gasteiger partial charge on any atom is -0.486 e. The van der Waals surface area contributed by atoms with Crippen LogP contribution in [0.4, 0.5) is 0 Å². The van der Waals surface area contributed by atoms with Gasteiger partial charge in [0.05, 0.1) is 0 Å². The van der Waals surface area contributed by atoms with Gasteiger partial charge in [-0.05, 0) is 37.4 Å². The van der Waals surface area contributed by atoms with Gasteiger partial charge in [-0.25, -0.2) is 0 Å². The molecule has 2 heterocycles. The average molecular weight is 360 g/mol. The van der Waals surface area contributed by atoms with Crippen LogP contribution in [0.5, 0.6) is 17.2 Å². The summed E-state index contributed by atoms with van der Waals surface area (Å²) in [6, 6.07) is 8.77. The van der Waals surface area contributed by atoms with Crippen LogP contribution in [0.25, 0.3) is 0 Å². The highest BCUT2D eigenvalue weighted by Crippen LogP contribution is 2.35. The van der Waals surface area contributed by atoms with Crippen LogP contribution >= 0.6 is 0 Å². The number of carbonyl (C=O) groups is 1. The molecule has 0 fully saturated rings. The number of hydrogen-bond acceptors (Lipinski definition) is 6. The van der Waals surface area contributed by atoms with Gasteiger partial charge >= 0.3 is 0 Å². The normalized spacial score (nSPS) is 12.4. The molecule has 140 valence electrons. The highest BCUT2D eigenvalue weighted by atomic mass is 16.7. The third-order valence-corrected chi connectivity index (χ3v) is 4.22. The quantitative estimate of drug-likeness (QED) is 0.741. The number of rotatable bonds is 9. The molecule has 1 aliphatic heterocycles. The van der Waals surface area contributed by atoms with Gasteiger partial charge in [0.1, 0.15) is 18.1 Å². The lowest BCUT2D eigenvalue weighted by Gasteiger charge is -2.17. The Morgan fingerprint density at radius 2 is 1.96 bits per heavy atom. The number of ether oxygens (including phenoxy) is 3. The molecule has 1 aliphatic rings. The molecule has 0 spiro atoms. The summed E-state index contributed by atoms with van der Waals surface area (Å²) in [6.45, 7) is 8.00. The molecule has 0 radical (unpaired) electrons. The van der Waals surface area contributed by atoms with E-state index in [4.69, 9.17) is 18.6 Å². The standard InChI is InChI=1S/C19H24N2O5/c1-3-21(4-2)10-9-20-19(22)17-8-6-15(26-17)12-23-14-5-7-16-18(11-14)25-13-24-16/h5-8,11H,3-4,9-10,12-13H2,1-2H3,(H,20,22). The van der Waals surface area contributed by atoms with Crippen LogP contribution in [-0.4, -0.2) is 43.8 Å². The lowest BCUT2D eigenvalue weighted by Crippen LogP contribution is -2.34. The van der Waals surface area contributed by atoms with Crippen LogP contribution < -0.4 is 19.5 Å². The van der Waals surface area contributed by atoms with Crippen LogP contribution in [0.1, 0.15) is 30.2 Å². The molecule has 7 nitrogen and oxygen atoms in total. The predicted octanol–water partition coefficient (Wildman–Crippen LogP) is 2.66. The number of benzene rings is 1. The van der Waals surface area contributed by atoms with Gasteiger partial charge in [-0.3, -0.25) is 4.79 Å². The molecule has 1 aromatic heterocycles. The van der Waals surface area contributed by atoms with E-state index in [0.717, 1.165) is 19.6 Å². The van der Waals surface area contributed by atoms with E-state index >= 15 is 0 Å². The Hall–Kier alpha value is -2.67. The summed E-state index contributed by atoms with van der Waals surface area (Å²) in [5, 5.41) is 2.87. The summed E-state index contributed by atoms with van der Waals surface area (Å²) in [6.07, 6.45) is 0. The minimum atomic E-state index is -0.216. The molecule has 2 aromatic rings. The van der Waals surface area contributed by atoms with E-state index in [1.807, 2.05) is 0 Å². The molecule has 7 heteroatoms. The number of likely N-dealkylation sites (N-methyl/N-ethyl adjacent to an activating group) is 1. The van der Waals surface area contributed by atoms with Crippen molar-refractivity contribution in [2.75, 3.05) is 33.0 Å². The molecule has 0 saturated carbocycles. The Morgan fingerprint density at radius 3 is 2.77 bits per heavy atom. The van der Waals surface area contributed by atoms with Crippen LogP contribution in [0.3, 0.4) is 0 Å². The minimum absolute atomic E-state index is 0.216. The Kier molecular flexibility index (Phi) is 6.01. The van der Waals surface area contributed by atoms with Crippen molar-refractivity contribution in [2.24, 2.45) is 0 Å². The van der Waals surface area contributed by atoms with Crippen molar-refractivity contribution >= 4 is 5.91 Å². The number of furan rings is 1. The van der Waals surface area contributed by atoms with Crippen molar-refractivity contribution in [3.63, 3.8) is 0 Å². The highest BCUT2D eigenvalue weighted by molar-refractivity contribution is 5.91. The fourth-order valence-corrected chi connectivity index (χ4v) is 2.65. The van der Waals surface area contributed by atoms with Crippen molar-refractivity contribution in [3.05, 3.63) is 41.9 Å². The lowest BCUT2D eigenvalue weighted by atomic mass is 10.3. The second-order valence-corrected chi connectivity index (χ2v) is 5.85. The number of nitrogens with zero attached hydrogens (tertiary/aromatic N) is 1. The van der Waals surface area contributed by atoms with Crippen molar-refractivity contribution in [3.8, 4) is 17.2 Å². The van der Waals surface area contributed by atoms with E-state index in [-0.39, 0.29) is 25.1 Å². The van der Waals surface area contributed by atoms with Crippen molar-refractivity contribution < 1.29 is 23.4 Å². The highest BCUT2D eigenvalue weighted by Gasteiger charge is 2.15. The first kappa shape index (κ1) is 18.1. The van der Waals surface area contributed by atoms with Crippen LogP contribution in [0, 0.1) is 0 Å². The number of amides is 1. The fraction of sp³-hybridized carbons (Fsp3) is 0.421. The van der Waals surface area contributed by atoms with E-state index in [2.05, 4.69) is 24.1 Å². The van der Waals surface area contributed by atoms with Gasteiger partial charge in [-0.1, -0.05) is 13.8 Å². The number of fused-ring (bicyclic) bond motifs is 1. The van der Waals surface area contributed by atoms with E-state index in [9.17, 15) is 4.79 Å². The first-order chi connectivity index (χ1) is 12.7. The molecule has 0 bridgehead atoms. The Labute approximate surface area is 152 Å². The fourth-order valence-electron chi connectivity index (χ4n) is 2.65. The van der Waals surface area contributed by atoms with E-state index in [1.54, 1.807) is 30.3 Å². The molecular weight excluding hydrogens is 336 g/mol. The molecule has 1 aromatic carbocycles. The SMILES string of the molecule is CCN(CC)CCNC(=O)c1ccc(COc2ccc3c(c2)OCO3)o1. The van der Waals surface area contributed by atoms with Crippen LogP contribution in [-0.2, 0) is 6.61 Å². The maximum atomic E-state index is 12.1. The second-order valence-electron chi connectivity index (χ2n) is 5.85. The Bertz CT molecular complexity index is 739. The summed E-state index contributed by atoms with van der Waals surface area (Å²) in [5.74, 6) is 2.67. The van der Waals surface area contributed by atoms with Crippen molar-refractivity contribution in [1.29, 1.82) is 0 Å². The average Bonchev–Trinajstić information content (AvgIpc) is 3.32. The van der Waals surface area contributed by atoms with Gasteiger partial charge in [0.25, 0.3) is 5.91 Å². The first-order valence-electron chi connectivity index (χ1n) is 8.81. The number of nitrogens with one attached hydrogen (secondary N) is 1. The second kappa shape index (κ2) is 8.62. The van der Waals surface area contributed by atoms with Gasteiger partial charge in [-0.15, -0.1) is 0 Å². The molecule has 3 rings (SSSR count). The van der Waals surface area contributed by atoms with E-state index < -0.39 is 0 Å². The third-order valence-electron chi connectivity index (χ3n) is 4.22. The molecule has 1 N–H and O–H groups in total. The van der Waals surface area contributed by atoms with E-state index in [1.165, 1.54) is 0 Å². The van der Waals surface area contributed by atoms with Crippen molar-refractivity contribution in [1.82, 2.24) is 10.2 Å². The molecule has 0 atom stereocenters. The summed E-state index contributed by atoms with van der Waals surface area (Å²) >= 11 is 0. The maximum absolute atomic E-state index is 12.1. The molecule has 0 saturated heterocycles. The van der Waals surface area contributed by atoms with Gasteiger partial charge in [-0.2, -0.15) is 0 Å². The Balaban J connectivity index is 1.47. The van der Waals surface area contributed by atoms with Gasteiger partial charge in [0, 0.05) is 19.2 Å². The van der Waals surface area contributed by atoms with Gasteiger partial charge in [0.2, 0.25) is 6.79 Å². The molecular formula is C19H24N2O5. The lowest BCUT2D eigenvalue weighted by molar-refractivity contribution is 0.0917. The van der Waals surface area contributed by atoms with Crippen molar-refractivity contribution in [2.45, 2.75) is 20.5 Å². The molecule has 1 amide bonds. The largest absolute Gasteiger partial charge is 0.486 e. The summed E-state index contributed by atoms with van der Waals surface area (Å²) < 4.78 is 21.8. The third kappa shape index (κ3) is 4.49. The predicted molar refractivity (Wildman–Crippen MR) is 95.7 cm³/mol. The summed E-state index contributed by atoms with van der Waals surface area (Å²) in [5.41, 5.74) is 0. The van der Waals surface area contributed by atoms with Gasteiger partial charge < -0.3 is 28.8 Å². The zero-order chi connectivity index (χ0) is 18.4. The zero-order valence-corrected chi connectivity index (χ0v) is 15.1. The van der Waals surface area contributed by atoms with Crippen LogP contribution in [0.15, 0.2) is 34.7 Å².